The Bertz CT molecular complexity index is 310. The van der Waals surface area contributed by atoms with Gasteiger partial charge in [-0.1, -0.05) is 41.9 Å². The van der Waals surface area contributed by atoms with Gasteiger partial charge in [0.05, 0.1) is 0 Å². The topological polar surface area (TPSA) is 38.0 Å². The van der Waals surface area contributed by atoms with Crippen molar-refractivity contribution in [1.29, 1.82) is 0 Å². The average Bonchev–Trinajstić information content (AvgIpc) is 2.11. The summed E-state index contributed by atoms with van der Waals surface area (Å²) in [4.78, 5) is 0. The summed E-state index contributed by atoms with van der Waals surface area (Å²) < 4.78 is 1.14. The van der Waals surface area contributed by atoms with Crippen LogP contribution >= 0.6 is 15.9 Å². The maximum atomic E-state index is 5.53. The third-order valence-electron chi connectivity index (χ3n) is 2.39. The van der Waals surface area contributed by atoms with E-state index in [4.69, 9.17) is 5.84 Å². The van der Waals surface area contributed by atoms with E-state index in [1.807, 2.05) is 0 Å². The van der Waals surface area contributed by atoms with Crippen LogP contribution in [0.15, 0.2) is 22.7 Å². The molecule has 1 aromatic rings. The predicted octanol–water partition coefficient (Wildman–Crippen LogP) is 2.92. The van der Waals surface area contributed by atoms with Crippen LogP contribution in [-0.2, 0) is 0 Å². The fourth-order valence-electron chi connectivity index (χ4n) is 1.53. The van der Waals surface area contributed by atoms with Crippen molar-refractivity contribution in [2.75, 3.05) is 0 Å². The second kappa shape index (κ2) is 4.91. The number of rotatable bonds is 3. The van der Waals surface area contributed by atoms with E-state index >= 15 is 0 Å². The van der Waals surface area contributed by atoms with Crippen LogP contribution in [0, 0.1) is 12.8 Å². The molecule has 0 aromatic heterocycles. The molecule has 0 amide bonds. The first-order valence-electron chi connectivity index (χ1n) is 4.78. The van der Waals surface area contributed by atoms with Crippen LogP contribution in [0.5, 0.6) is 0 Å². The predicted molar refractivity (Wildman–Crippen MR) is 63.8 cm³/mol. The molecule has 3 heteroatoms. The molecule has 0 aliphatic carbocycles. The molecule has 0 spiro atoms. The van der Waals surface area contributed by atoms with E-state index < -0.39 is 0 Å². The van der Waals surface area contributed by atoms with Crippen molar-refractivity contribution >= 4 is 15.9 Å². The monoisotopic (exact) mass is 256 g/mol. The maximum absolute atomic E-state index is 5.53. The second-order valence-corrected chi connectivity index (χ2v) is 4.75. The van der Waals surface area contributed by atoms with Crippen LogP contribution in [0.25, 0.3) is 0 Å². The molecule has 0 saturated heterocycles. The van der Waals surface area contributed by atoms with Gasteiger partial charge < -0.3 is 0 Å². The molecule has 0 saturated carbocycles. The van der Waals surface area contributed by atoms with Gasteiger partial charge in [0.15, 0.2) is 0 Å². The van der Waals surface area contributed by atoms with Gasteiger partial charge in [-0.05, 0) is 30.0 Å². The largest absolute Gasteiger partial charge is 0.271 e. The van der Waals surface area contributed by atoms with E-state index in [9.17, 15) is 0 Å². The van der Waals surface area contributed by atoms with Crippen molar-refractivity contribution in [3.05, 3.63) is 33.8 Å². The average molecular weight is 257 g/mol. The number of hydrazine groups is 1. The zero-order valence-electron chi connectivity index (χ0n) is 8.84. The number of aryl methyl sites for hydroxylation is 1. The highest BCUT2D eigenvalue weighted by molar-refractivity contribution is 9.10. The molecule has 1 rings (SSSR count). The zero-order valence-corrected chi connectivity index (χ0v) is 10.4. The van der Waals surface area contributed by atoms with Gasteiger partial charge in [-0.15, -0.1) is 0 Å². The van der Waals surface area contributed by atoms with Gasteiger partial charge in [0.1, 0.15) is 0 Å². The van der Waals surface area contributed by atoms with Gasteiger partial charge in [-0.25, -0.2) is 0 Å². The van der Waals surface area contributed by atoms with Crippen molar-refractivity contribution in [3.63, 3.8) is 0 Å². The molecule has 1 atom stereocenters. The van der Waals surface area contributed by atoms with E-state index in [0.29, 0.717) is 5.92 Å². The first-order valence-corrected chi connectivity index (χ1v) is 5.57. The minimum absolute atomic E-state index is 0.224. The lowest BCUT2D eigenvalue weighted by atomic mass is 9.96. The lowest BCUT2D eigenvalue weighted by Crippen LogP contribution is -2.31. The van der Waals surface area contributed by atoms with E-state index in [1.165, 1.54) is 11.1 Å². The van der Waals surface area contributed by atoms with Gasteiger partial charge in [-0.3, -0.25) is 11.3 Å². The Morgan fingerprint density at radius 1 is 1.36 bits per heavy atom. The van der Waals surface area contributed by atoms with E-state index in [0.717, 1.165) is 4.47 Å². The molecular formula is C11H17BrN2. The normalized spacial score (nSPS) is 13.3. The smallest absolute Gasteiger partial charge is 0.0482 e. The van der Waals surface area contributed by atoms with Crippen LogP contribution in [-0.4, -0.2) is 0 Å². The Balaban J connectivity index is 3.00. The van der Waals surface area contributed by atoms with Crippen LogP contribution in [0.1, 0.15) is 31.0 Å². The van der Waals surface area contributed by atoms with Crippen molar-refractivity contribution in [3.8, 4) is 0 Å². The minimum atomic E-state index is 0.224. The summed E-state index contributed by atoms with van der Waals surface area (Å²) in [6, 6.07) is 6.55. The molecule has 2 nitrogen and oxygen atoms in total. The molecule has 1 unspecified atom stereocenters. The summed E-state index contributed by atoms with van der Waals surface area (Å²) in [6.07, 6.45) is 0. The Kier molecular flexibility index (Phi) is 4.11. The number of halogens is 1. The molecule has 78 valence electrons. The Morgan fingerprint density at radius 2 is 2.00 bits per heavy atom. The molecule has 0 fully saturated rings. The summed E-state index contributed by atoms with van der Waals surface area (Å²) >= 11 is 3.49. The molecule has 0 heterocycles. The van der Waals surface area contributed by atoms with Gasteiger partial charge in [0.25, 0.3) is 0 Å². The van der Waals surface area contributed by atoms with Crippen molar-refractivity contribution in [1.82, 2.24) is 5.43 Å². The van der Waals surface area contributed by atoms with Crippen molar-refractivity contribution < 1.29 is 0 Å². The first kappa shape index (κ1) is 11.7. The summed E-state index contributed by atoms with van der Waals surface area (Å²) in [7, 11) is 0. The third-order valence-corrected chi connectivity index (χ3v) is 3.28. The van der Waals surface area contributed by atoms with E-state index in [1.54, 1.807) is 0 Å². The van der Waals surface area contributed by atoms with Gasteiger partial charge in [0.2, 0.25) is 0 Å². The van der Waals surface area contributed by atoms with E-state index in [-0.39, 0.29) is 6.04 Å². The van der Waals surface area contributed by atoms with E-state index in [2.05, 4.69) is 60.3 Å². The Morgan fingerprint density at radius 3 is 2.43 bits per heavy atom. The standard InChI is InChI=1S/C11H17BrN2/c1-7(2)11(14-13)9-4-5-10(12)8(3)6-9/h4-7,11,14H,13H2,1-3H3. The molecule has 0 radical (unpaired) electrons. The highest BCUT2D eigenvalue weighted by Crippen LogP contribution is 2.25. The number of hydrogen-bond acceptors (Lipinski definition) is 2. The summed E-state index contributed by atoms with van der Waals surface area (Å²) in [5.41, 5.74) is 5.33. The summed E-state index contributed by atoms with van der Waals surface area (Å²) in [6.45, 7) is 6.39. The molecule has 0 bridgehead atoms. The van der Waals surface area contributed by atoms with Crippen molar-refractivity contribution in [2.45, 2.75) is 26.8 Å². The van der Waals surface area contributed by atoms with Crippen LogP contribution in [0.2, 0.25) is 0 Å². The van der Waals surface area contributed by atoms with Crippen molar-refractivity contribution in [2.24, 2.45) is 11.8 Å². The highest BCUT2D eigenvalue weighted by atomic mass is 79.9. The molecule has 1 aromatic carbocycles. The SMILES string of the molecule is Cc1cc(C(NN)C(C)C)ccc1Br. The highest BCUT2D eigenvalue weighted by Gasteiger charge is 2.13. The fourth-order valence-corrected chi connectivity index (χ4v) is 1.78. The first-order chi connectivity index (χ1) is 6.56. The van der Waals surface area contributed by atoms with Gasteiger partial charge in [0, 0.05) is 10.5 Å². The number of benzene rings is 1. The molecule has 0 aliphatic rings. The molecule has 0 aliphatic heterocycles. The Labute approximate surface area is 94.0 Å². The number of nitrogens with two attached hydrogens (primary N) is 1. The van der Waals surface area contributed by atoms with Crippen LogP contribution in [0.3, 0.4) is 0 Å². The zero-order chi connectivity index (χ0) is 10.7. The quantitative estimate of drug-likeness (QED) is 0.645. The lowest BCUT2D eigenvalue weighted by Gasteiger charge is -2.20. The Hall–Kier alpha value is -0.380. The lowest BCUT2D eigenvalue weighted by molar-refractivity contribution is 0.421. The summed E-state index contributed by atoms with van der Waals surface area (Å²) in [5, 5.41) is 0. The minimum Gasteiger partial charge on any atom is -0.271 e. The second-order valence-electron chi connectivity index (χ2n) is 3.90. The molecular weight excluding hydrogens is 240 g/mol. The number of hydrogen-bond donors (Lipinski definition) is 2. The summed E-state index contributed by atoms with van der Waals surface area (Å²) in [5.74, 6) is 6.02. The third kappa shape index (κ3) is 2.56. The molecule has 3 N–H and O–H groups in total. The fraction of sp³-hybridized carbons (Fsp3) is 0.455. The maximum Gasteiger partial charge on any atom is 0.0482 e. The van der Waals surface area contributed by atoms with Gasteiger partial charge >= 0.3 is 0 Å². The van der Waals surface area contributed by atoms with Crippen LogP contribution < -0.4 is 11.3 Å². The number of nitrogens with one attached hydrogen (secondary N) is 1. The molecule has 14 heavy (non-hydrogen) atoms. The van der Waals surface area contributed by atoms with Crippen LogP contribution in [0.4, 0.5) is 0 Å². The van der Waals surface area contributed by atoms with Gasteiger partial charge in [-0.2, -0.15) is 0 Å².